The number of benzene rings is 2. The predicted octanol–water partition coefficient (Wildman–Crippen LogP) is 5.54. The third-order valence-corrected chi connectivity index (χ3v) is 25.2. The summed E-state index contributed by atoms with van der Waals surface area (Å²) in [6.45, 7) is 17.9. The summed E-state index contributed by atoms with van der Waals surface area (Å²) in [4.78, 5) is 152. The number of hydrogen-bond acceptors (Lipinski definition) is 36. The summed E-state index contributed by atoms with van der Waals surface area (Å²) < 4.78 is 95.8. The normalized spacial score (nSPS) is 25.4. The average molecular weight is 1970 g/mol. The number of hydrogen-bond donors (Lipinski definition) is 5. The van der Waals surface area contributed by atoms with E-state index in [0.29, 0.717) is 81.7 Å². The maximum atomic E-state index is 13.4. The first-order valence-corrected chi connectivity index (χ1v) is 46.3. The molecule has 0 saturated carbocycles. The van der Waals surface area contributed by atoms with Crippen LogP contribution in [0.25, 0.3) is 0 Å². The quantitative estimate of drug-likeness (QED) is 0.0126. The lowest BCUT2D eigenvalue weighted by Crippen LogP contribution is -2.40. The number of urea groups is 5. The van der Waals surface area contributed by atoms with Crippen molar-refractivity contribution < 1.29 is 136 Å². The molecule has 5 fully saturated rings. The maximum Gasteiger partial charge on any atom is 0.418 e. The summed E-state index contributed by atoms with van der Waals surface area (Å²) >= 11 is 0. The minimum Gasteiger partial charge on any atom is -0.478 e. The van der Waals surface area contributed by atoms with Crippen LogP contribution in [-0.4, -0.2) is 297 Å². The zero-order valence-electron chi connectivity index (χ0n) is 77.1. The fourth-order valence-corrected chi connectivity index (χ4v) is 19.5. The van der Waals surface area contributed by atoms with Crippen LogP contribution in [0.3, 0.4) is 0 Å². The number of ether oxygens (including phenoxy) is 3. The summed E-state index contributed by atoms with van der Waals surface area (Å²) in [5.74, 6) is -2.73. The number of rotatable bonds is 19. The van der Waals surface area contributed by atoms with Gasteiger partial charge in [0.25, 0.3) is 0 Å². The van der Waals surface area contributed by atoms with E-state index in [4.69, 9.17) is 62.7 Å². The molecule has 10 bridgehead atoms. The highest BCUT2D eigenvalue weighted by molar-refractivity contribution is 7.81. The Morgan fingerprint density at radius 3 is 1.00 bits per heavy atom. The number of carbonyl (C=O) groups excluding carboxylic acids is 8. The van der Waals surface area contributed by atoms with Crippen LogP contribution < -0.4 is 0 Å². The molecule has 14 aliphatic rings. The topological polar surface area (TPSA) is 608 Å². The van der Waals surface area contributed by atoms with Crippen LogP contribution in [0, 0.1) is 0 Å². The van der Waals surface area contributed by atoms with E-state index in [2.05, 4.69) is 59.8 Å². The summed E-state index contributed by atoms with van der Waals surface area (Å²) in [5.41, 5.74) is 8.99. The molecule has 139 heavy (non-hydrogen) atoms. The van der Waals surface area contributed by atoms with Crippen molar-refractivity contribution in [1.29, 1.82) is 0 Å². The van der Waals surface area contributed by atoms with Gasteiger partial charge in [-0.2, -0.15) is 67.6 Å². The van der Waals surface area contributed by atoms with Gasteiger partial charge in [0.2, 0.25) is 24.4 Å². The summed E-state index contributed by atoms with van der Waals surface area (Å²) in [7, 11) is -1.13. The number of carboxylic acids is 1. The average Bonchev–Trinajstić information content (AvgIpc) is 1.58. The highest BCUT2D eigenvalue weighted by Crippen LogP contribution is 2.52. The molecule has 5 N–H and O–H groups in total. The Hall–Kier alpha value is -14.3. The van der Waals surface area contributed by atoms with Crippen LogP contribution in [0.4, 0.5) is 24.0 Å². The van der Waals surface area contributed by atoms with Gasteiger partial charge in [0, 0.05) is 88.7 Å². The van der Waals surface area contributed by atoms with Gasteiger partial charge in [-0.15, -0.1) is 8.57 Å². The Morgan fingerprint density at radius 1 is 0.410 bits per heavy atom. The minimum absolute atomic E-state index is 0.0434. The number of fused-ring (bicyclic) bond motifs is 20. The van der Waals surface area contributed by atoms with Crippen molar-refractivity contribution in [3.8, 4) is 0 Å². The Balaban J connectivity index is 0.000000121. The van der Waals surface area contributed by atoms with Gasteiger partial charge < -0.3 is 68.4 Å². The van der Waals surface area contributed by atoms with E-state index in [-0.39, 0.29) is 69.5 Å². The van der Waals surface area contributed by atoms with Gasteiger partial charge in [-0.1, -0.05) is 86.4 Å². The number of amides is 10. The van der Waals surface area contributed by atoms with Gasteiger partial charge in [-0.05, 0) is 73.4 Å². The Morgan fingerprint density at radius 2 is 0.683 bits per heavy atom. The first kappa shape index (κ1) is 96.4. The fraction of sp³-hybridized carbons (Fsp3) is 0.506. The summed E-state index contributed by atoms with van der Waals surface area (Å²) in [5, 5.41) is 73.3. The zero-order valence-corrected chi connectivity index (χ0v) is 78.8. The number of nitrogens with zero attached hydrogens (tertiary/aromatic N) is 25. The zero-order chi connectivity index (χ0) is 99.6. The van der Waals surface area contributed by atoms with Crippen molar-refractivity contribution in [2.24, 2.45) is 61.0 Å². The molecule has 10 amide bonds. The highest BCUT2D eigenvalue weighted by Gasteiger charge is 2.60. The molecule has 19 heterocycles. The predicted molar refractivity (Wildman–Crippen MR) is 466 cm³/mol. The van der Waals surface area contributed by atoms with E-state index in [1.54, 1.807) is 126 Å². The molecule has 4 unspecified atom stereocenters. The molecule has 56 heteroatoms. The second-order valence-electron chi connectivity index (χ2n) is 37.2. The molecule has 14 atom stereocenters. The van der Waals surface area contributed by atoms with E-state index in [1.165, 1.54) is 52.8 Å². The Bertz CT molecular complexity index is 6460. The third kappa shape index (κ3) is 18.7. The van der Waals surface area contributed by atoms with Crippen molar-refractivity contribution >= 4 is 104 Å². The number of aliphatic carboxylic acids is 1. The maximum absolute atomic E-state index is 13.4. The summed E-state index contributed by atoms with van der Waals surface area (Å²) in [6.07, 6.45) is 6.13. The molecule has 0 radical (unpaired) electrons. The molecule has 5 aromatic heterocycles. The summed E-state index contributed by atoms with van der Waals surface area (Å²) in [6, 6.07) is 11.3. The minimum atomic E-state index is -4.91. The van der Waals surface area contributed by atoms with Gasteiger partial charge in [-0.3, -0.25) is 47.4 Å². The lowest BCUT2D eigenvalue weighted by Gasteiger charge is -2.30. The lowest BCUT2D eigenvalue weighted by molar-refractivity contribution is -0.167. The van der Waals surface area contributed by atoms with Gasteiger partial charge in [0.05, 0.1) is 121 Å². The van der Waals surface area contributed by atoms with Gasteiger partial charge in [0.1, 0.15) is 90.4 Å². The van der Waals surface area contributed by atoms with Crippen LogP contribution >= 0.6 is 0 Å². The number of esters is 3. The van der Waals surface area contributed by atoms with E-state index < -0.39 is 152 Å². The number of aryl methyl sites for hydroxylation is 5. The standard InChI is InChI=1S/C23H27N5O5.C16H21N5O8S.C16H21N5O5.C16H17N5O3.C12H13N5O8S/c1-23(2,3)32-21(29)18-10-16(25-33-18)20-19-15(11-24-26(19)4)17-12-27(20)22(30)28(17)31-13-14-8-6-5-7-9-14;1-16(2,3)27-14(22)11-5-9(18-28-11)13-12-8(6-17-19(12)4)10-7-20(13)15(23)21(10)29-30(24,25)26;1-16(2,3)25-14(22)11-5-9(18-26-11)13-12-8(6-17-19(12)4)10-7-20(13)15(23)21(10)24;1-19-15-12(7-17-19)14-9-20(13(15)8-18-23)16(22)21(14)24-10-11-5-3-2-4-6-11;1-15-9-5(3-13-15)7-4-16(12(20)17(7)25-26(21,22)23)10(9)6-2-8(11(18)19)24-14-6/h5-9,11,17-18,20H,10,12-13H2,1-4H3;6,10-11,13H,5,7H2,1-4H3,(H,24,25,26);6,10-11,13,24H,5,7H2,1-4H3;2-8,13-14,23H,9-10H2,1H3;3,7-8,10H,2,4H2,1H3,(H,18,19)(H,21,22,23)/b;;;18-8+;/t17-,18?,20+;2*10-,11?,13+;13-,14+;7-,8?,10+/m00010/s1. The van der Waals surface area contributed by atoms with Gasteiger partial charge >= 0.3 is 74.8 Å². The number of carboxylic acid groups (broad SMARTS) is 1. The number of hydroxylamine groups is 10. The Labute approximate surface area is 791 Å². The molecule has 0 aliphatic carbocycles. The third-order valence-electron chi connectivity index (χ3n) is 24.5. The SMILES string of the molecule is Cn1ncc2c1[C@@H](/C=N/O)N1C[C@@H]2N(OCc2ccccc2)C1=O.Cn1ncc2c1[C@@H](C1=NOC(C(=O)O)C1)N1C[C@@H]2N(OS(=O)(=O)O)C1=O.Cn1ncc2c1[C@@H](C1=NOC(C(=O)OC(C)(C)C)C1)N1C[C@@H]2N(O)C1=O.Cn1ncc2c1[C@@H](C1=NOC(C(=O)OC(C)(C)C)C1)N1C[C@@H]2N(OCc2ccccc2)C1=O.Cn1ncc2c1[C@@H](C1=NOC(C(=O)OC(C)(C)C)C1)N1C[C@@H]2N(OS(=O)(=O)O)C1=O. The van der Waals surface area contributed by atoms with E-state index in [0.717, 1.165) is 50.0 Å². The van der Waals surface area contributed by atoms with Crippen LogP contribution in [0.2, 0.25) is 0 Å². The lowest BCUT2D eigenvalue weighted by atomic mass is 9.93. The molecule has 7 aromatic rings. The molecule has 2 aromatic carbocycles. The molecular formula is C83H99N25O29S2. The van der Waals surface area contributed by atoms with Crippen molar-refractivity contribution in [2.75, 3.05) is 32.7 Å². The molecule has 5 saturated heterocycles. The van der Waals surface area contributed by atoms with Crippen LogP contribution in [-0.2, 0) is 140 Å². The molecular weight excluding hydrogens is 1880 g/mol. The molecule has 14 aliphatic heterocycles. The number of carbonyl (C=O) groups is 9. The van der Waals surface area contributed by atoms with Crippen molar-refractivity contribution in [2.45, 2.75) is 203 Å². The van der Waals surface area contributed by atoms with Crippen LogP contribution in [0.1, 0.15) is 216 Å². The second kappa shape index (κ2) is 36.6. The Kier molecular flexibility index (Phi) is 25.3. The van der Waals surface area contributed by atoms with Crippen molar-refractivity contribution in [3.05, 3.63) is 159 Å². The van der Waals surface area contributed by atoms with Crippen LogP contribution in [0.15, 0.2) is 117 Å². The molecule has 54 nitrogen and oxygen atoms in total. The second-order valence-corrected chi connectivity index (χ2v) is 39.3. The number of aromatic nitrogens is 10. The fourth-order valence-electron chi connectivity index (χ4n) is 18.8. The van der Waals surface area contributed by atoms with E-state index in [9.17, 15) is 65.2 Å². The van der Waals surface area contributed by atoms with Crippen molar-refractivity contribution in [3.63, 3.8) is 0 Å². The van der Waals surface area contributed by atoms with E-state index >= 15 is 0 Å². The number of oxime groups is 5. The monoisotopic (exact) mass is 1970 g/mol. The smallest absolute Gasteiger partial charge is 0.418 e. The van der Waals surface area contributed by atoms with E-state index in [1.807, 2.05) is 74.8 Å². The van der Waals surface area contributed by atoms with Crippen LogP contribution in [0.5, 0.6) is 0 Å². The highest BCUT2D eigenvalue weighted by atomic mass is 32.3. The molecule has 742 valence electrons. The molecule has 0 spiro atoms. The first-order valence-electron chi connectivity index (χ1n) is 43.6. The van der Waals surface area contributed by atoms with Gasteiger partial charge in [0.15, 0.2) is 0 Å². The molecule has 21 rings (SSSR count). The first-order chi connectivity index (χ1) is 65.6. The van der Waals surface area contributed by atoms with Gasteiger partial charge in [-0.25, -0.2) is 43.2 Å². The van der Waals surface area contributed by atoms with Crippen molar-refractivity contribution in [1.82, 2.24) is 98.7 Å². The largest absolute Gasteiger partial charge is 0.478 e.